The number of nitriles is 1. The number of carbonyl (C=O) groups is 1. The smallest absolute Gasteiger partial charge is 0.222 e. The molecule has 0 saturated carbocycles. The molecule has 0 fully saturated rings. The molecule has 0 aromatic heterocycles. The second kappa shape index (κ2) is 10.9. The SMILES string of the molecule is C=C(c1ccc(Cl)cc1)C(CN(C)C1=NCC(c2cccc(C#N)c2)=N1)N(CC)C(=O)CC. The van der Waals surface area contributed by atoms with Crippen LogP contribution in [0.3, 0.4) is 0 Å². The van der Waals surface area contributed by atoms with Gasteiger partial charge in [0.2, 0.25) is 11.9 Å². The molecule has 1 amide bonds. The summed E-state index contributed by atoms with van der Waals surface area (Å²) >= 11 is 6.06. The molecule has 0 saturated heterocycles. The summed E-state index contributed by atoms with van der Waals surface area (Å²) < 4.78 is 0. The average Bonchev–Trinajstić information content (AvgIpc) is 3.34. The Morgan fingerprint density at radius 1 is 1.24 bits per heavy atom. The molecule has 2 aromatic rings. The number of amides is 1. The maximum absolute atomic E-state index is 12.7. The van der Waals surface area contributed by atoms with Gasteiger partial charge in [-0.25, -0.2) is 9.98 Å². The van der Waals surface area contributed by atoms with Gasteiger partial charge in [-0.1, -0.05) is 49.4 Å². The molecule has 0 radical (unpaired) electrons. The first-order valence-electron chi connectivity index (χ1n) is 11.0. The van der Waals surface area contributed by atoms with Crippen LogP contribution < -0.4 is 0 Å². The van der Waals surface area contributed by atoms with Crippen molar-refractivity contribution in [3.8, 4) is 6.07 Å². The lowest BCUT2D eigenvalue weighted by Crippen LogP contribution is -2.47. The van der Waals surface area contributed by atoms with Crippen LogP contribution in [0.5, 0.6) is 0 Å². The Kier molecular flexibility index (Phi) is 8.02. The molecule has 33 heavy (non-hydrogen) atoms. The minimum absolute atomic E-state index is 0.0666. The van der Waals surface area contributed by atoms with Crippen molar-refractivity contribution in [2.75, 3.05) is 26.7 Å². The third kappa shape index (κ3) is 5.68. The highest BCUT2D eigenvalue weighted by atomic mass is 35.5. The van der Waals surface area contributed by atoms with E-state index in [-0.39, 0.29) is 11.9 Å². The lowest BCUT2D eigenvalue weighted by molar-refractivity contribution is -0.132. The maximum Gasteiger partial charge on any atom is 0.222 e. The molecule has 1 heterocycles. The van der Waals surface area contributed by atoms with Crippen LogP contribution in [0.4, 0.5) is 0 Å². The predicted molar refractivity (Wildman–Crippen MR) is 135 cm³/mol. The van der Waals surface area contributed by atoms with Gasteiger partial charge in [-0.05, 0) is 47.9 Å². The van der Waals surface area contributed by atoms with E-state index in [9.17, 15) is 10.1 Å². The van der Waals surface area contributed by atoms with Crippen LogP contribution in [-0.2, 0) is 4.79 Å². The molecule has 6 nitrogen and oxygen atoms in total. The molecule has 1 aliphatic heterocycles. The summed E-state index contributed by atoms with van der Waals surface area (Å²) in [6, 6.07) is 16.8. The summed E-state index contributed by atoms with van der Waals surface area (Å²) in [5.41, 5.74) is 4.07. The molecule has 3 rings (SSSR count). The van der Waals surface area contributed by atoms with Gasteiger partial charge in [0.25, 0.3) is 0 Å². The molecule has 0 spiro atoms. The van der Waals surface area contributed by atoms with Crippen LogP contribution in [-0.4, -0.2) is 60.1 Å². The number of carbonyl (C=O) groups excluding carboxylic acids is 1. The van der Waals surface area contributed by atoms with E-state index < -0.39 is 0 Å². The quantitative estimate of drug-likeness (QED) is 0.574. The zero-order valence-electron chi connectivity index (χ0n) is 19.3. The second-order valence-electron chi connectivity index (χ2n) is 7.83. The van der Waals surface area contributed by atoms with Crippen LogP contribution >= 0.6 is 11.6 Å². The van der Waals surface area contributed by atoms with E-state index in [0.29, 0.717) is 42.6 Å². The van der Waals surface area contributed by atoms with Gasteiger partial charge in [-0.15, -0.1) is 0 Å². The topological polar surface area (TPSA) is 72.1 Å². The highest BCUT2D eigenvalue weighted by molar-refractivity contribution is 6.30. The highest BCUT2D eigenvalue weighted by Crippen LogP contribution is 2.24. The van der Waals surface area contributed by atoms with Crippen LogP contribution in [0.2, 0.25) is 5.02 Å². The number of halogens is 1. The molecule has 1 aliphatic rings. The minimum atomic E-state index is -0.252. The number of hydrogen-bond donors (Lipinski definition) is 0. The van der Waals surface area contributed by atoms with E-state index >= 15 is 0 Å². The fourth-order valence-electron chi connectivity index (χ4n) is 3.84. The van der Waals surface area contributed by atoms with Gasteiger partial charge in [0.15, 0.2) is 0 Å². The zero-order valence-corrected chi connectivity index (χ0v) is 20.0. The predicted octanol–water partition coefficient (Wildman–Crippen LogP) is 4.64. The summed E-state index contributed by atoms with van der Waals surface area (Å²) in [6.45, 7) is 9.68. The number of hydrogen-bond acceptors (Lipinski definition) is 5. The second-order valence-corrected chi connectivity index (χ2v) is 8.27. The first-order valence-corrected chi connectivity index (χ1v) is 11.3. The van der Waals surface area contributed by atoms with Crippen molar-refractivity contribution in [2.45, 2.75) is 26.3 Å². The van der Waals surface area contributed by atoms with Crippen molar-refractivity contribution < 1.29 is 4.79 Å². The fourth-order valence-corrected chi connectivity index (χ4v) is 3.96. The van der Waals surface area contributed by atoms with Crippen LogP contribution in [0.25, 0.3) is 5.57 Å². The Morgan fingerprint density at radius 2 is 1.97 bits per heavy atom. The Balaban J connectivity index is 1.85. The van der Waals surface area contributed by atoms with Crippen LogP contribution in [0, 0.1) is 11.3 Å². The average molecular weight is 462 g/mol. The summed E-state index contributed by atoms with van der Waals surface area (Å²) in [6.07, 6.45) is 0.417. The van der Waals surface area contributed by atoms with Crippen molar-refractivity contribution in [1.29, 1.82) is 5.26 Å². The third-order valence-electron chi connectivity index (χ3n) is 5.68. The monoisotopic (exact) mass is 461 g/mol. The fraction of sp³-hybridized carbons (Fsp3) is 0.308. The number of benzene rings is 2. The summed E-state index contributed by atoms with van der Waals surface area (Å²) in [5.74, 6) is 0.665. The van der Waals surface area contributed by atoms with Gasteiger partial charge in [0.05, 0.1) is 29.9 Å². The van der Waals surface area contributed by atoms with E-state index in [1.807, 2.05) is 73.2 Å². The van der Waals surface area contributed by atoms with E-state index in [4.69, 9.17) is 16.6 Å². The Labute approximate surface area is 200 Å². The number of aliphatic imine (C=N–C) groups is 2. The zero-order chi connectivity index (χ0) is 24.0. The molecule has 0 N–H and O–H groups in total. The number of nitrogens with zero attached hydrogens (tertiary/aromatic N) is 5. The summed E-state index contributed by atoms with van der Waals surface area (Å²) in [4.78, 5) is 25.9. The standard InChI is InChI=1S/C26H28ClN5O/c1-5-25(33)32(6-2)24(18(3)20-10-12-22(27)13-11-20)17-31(4)26-29-16-23(30-26)21-9-7-8-19(14-21)15-28/h7-14,24H,3,5-6,16-17H2,1-2,4H3. The first-order chi connectivity index (χ1) is 15.9. The normalized spacial score (nSPS) is 13.5. The van der Waals surface area contributed by atoms with E-state index in [1.54, 1.807) is 6.07 Å². The molecule has 1 unspecified atom stereocenters. The number of likely N-dealkylation sites (N-methyl/N-ethyl adjacent to an activating group) is 2. The van der Waals surface area contributed by atoms with Crippen LogP contribution in [0.15, 0.2) is 65.1 Å². The van der Waals surface area contributed by atoms with Crippen molar-refractivity contribution in [3.05, 3.63) is 76.8 Å². The lowest BCUT2D eigenvalue weighted by Gasteiger charge is -2.35. The maximum atomic E-state index is 12.7. The van der Waals surface area contributed by atoms with Gasteiger partial charge in [-0.3, -0.25) is 4.79 Å². The molecular weight excluding hydrogens is 434 g/mol. The molecular formula is C26H28ClN5O. The van der Waals surface area contributed by atoms with E-state index in [2.05, 4.69) is 17.6 Å². The van der Waals surface area contributed by atoms with Gasteiger partial charge in [0, 0.05) is 31.6 Å². The third-order valence-corrected chi connectivity index (χ3v) is 5.93. The van der Waals surface area contributed by atoms with Gasteiger partial charge >= 0.3 is 0 Å². The van der Waals surface area contributed by atoms with Crippen molar-refractivity contribution in [3.63, 3.8) is 0 Å². The molecule has 7 heteroatoms. The van der Waals surface area contributed by atoms with Crippen molar-refractivity contribution in [1.82, 2.24) is 9.80 Å². The molecule has 2 aromatic carbocycles. The molecule has 0 bridgehead atoms. The van der Waals surface area contributed by atoms with Gasteiger partial charge in [0.1, 0.15) is 0 Å². The molecule has 0 aliphatic carbocycles. The van der Waals surface area contributed by atoms with Crippen molar-refractivity contribution in [2.24, 2.45) is 9.98 Å². The van der Waals surface area contributed by atoms with Crippen molar-refractivity contribution >= 4 is 34.8 Å². The first kappa shape index (κ1) is 24.2. The Morgan fingerprint density at radius 3 is 2.61 bits per heavy atom. The molecule has 170 valence electrons. The minimum Gasteiger partial charge on any atom is -0.342 e. The lowest BCUT2D eigenvalue weighted by atomic mass is 9.98. The molecule has 1 atom stereocenters. The highest BCUT2D eigenvalue weighted by Gasteiger charge is 2.28. The Hall–Kier alpha value is -3.43. The van der Waals surface area contributed by atoms with E-state index in [1.165, 1.54) is 0 Å². The number of rotatable bonds is 8. The largest absolute Gasteiger partial charge is 0.342 e. The van der Waals surface area contributed by atoms with Gasteiger partial charge in [-0.2, -0.15) is 5.26 Å². The summed E-state index contributed by atoms with van der Waals surface area (Å²) in [7, 11) is 1.92. The Bertz CT molecular complexity index is 1130. The summed E-state index contributed by atoms with van der Waals surface area (Å²) in [5, 5.41) is 9.82. The van der Waals surface area contributed by atoms with Gasteiger partial charge < -0.3 is 9.80 Å². The van der Waals surface area contributed by atoms with E-state index in [0.717, 1.165) is 22.4 Å². The number of guanidine groups is 1. The van der Waals surface area contributed by atoms with Crippen LogP contribution in [0.1, 0.15) is 37.0 Å².